The number of anilines is 1. The first-order valence-corrected chi connectivity index (χ1v) is 7.41. The van der Waals surface area contributed by atoms with Crippen molar-refractivity contribution in [2.24, 2.45) is 0 Å². The topological polar surface area (TPSA) is 15.3 Å². The molecule has 0 unspecified atom stereocenters. The molecule has 1 aliphatic rings. The van der Waals surface area contributed by atoms with E-state index in [0.717, 1.165) is 13.1 Å². The van der Waals surface area contributed by atoms with Gasteiger partial charge in [-0.25, -0.2) is 0 Å². The second-order valence-corrected chi connectivity index (χ2v) is 5.19. The van der Waals surface area contributed by atoms with E-state index in [-0.39, 0.29) is 0 Å². The number of aryl methyl sites for hydroxylation is 1. The first kappa shape index (κ1) is 13.4. The number of nitrogens with one attached hydrogen (secondary N) is 1. The van der Waals surface area contributed by atoms with Gasteiger partial charge in [-0.05, 0) is 37.3 Å². The Hall–Kier alpha value is -1.02. The molecule has 1 aliphatic heterocycles. The summed E-state index contributed by atoms with van der Waals surface area (Å²) in [5.74, 6) is 0. The van der Waals surface area contributed by atoms with Gasteiger partial charge in [0.1, 0.15) is 0 Å². The molecule has 0 aliphatic carbocycles. The first-order valence-electron chi connectivity index (χ1n) is 7.41. The van der Waals surface area contributed by atoms with Gasteiger partial charge in [-0.2, -0.15) is 0 Å². The van der Waals surface area contributed by atoms with Gasteiger partial charge in [0, 0.05) is 31.4 Å². The van der Waals surface area contributed by atoms with Crippen molar-refractivity contribution in [3.05, 3.63) is 29.8 Å². The quantitative estimate of drug-likeness (QED) is 0.829. The van der Waals surface area contributed by atoms with Crippen LogP contribution in [0.2, 0.25) is 0 Å². The van der Waals surface area contributed by atoms with Crippen LogP contribution in [0.25, 0.3) is 0 Å². The largest absolute Gasteiger partial charge is 0.370 e. The summed E-state index contributed by atoms with van der Waals surface area (Å²) in [6.07, 6.45) is 4.99. The van der Waals surface area contributed by atoms with Crippen LogP contribution in [0.3, 0.4) is 0 Å². The molecule has 0 fully saturated rings. The summed E-state index contributed by atoms with van der Waals surface area (Å²) in [7, 11) is 0. The van der Waals surface area contributed by atoms with Crippen LogP contribution < -0.4 is 10.2 Å². The average Bonchev–Trinajstić information content (AvgIpc) is 2.44. The van der Waals surface area contributed by atoms with E-state index in [0.29, 0.717) is 6.04 Å². The van der Waals surface area contributed by atoms with Crippen molar-refractivity contribution in [1.29, 1.82) is 0 Å². The molecule has 1 aromatic carbocycles. The number of hydrogen-bond acceptors (Lipinski definition) is 2. The van der Waals surface area contributed by atoms with Gasteiger partial charge >= 0.3 is 0 Å². The van der Waals surface area contributed by atoms with E-state index in [1.165, 1.54) is 43.5 Å². The fourth-order valence-electron chi connectivity index (χ4n) is 2.82. The number of rotatable bonds is 6. The highest BCUT2D eigenvalue weighted by Gasteiger charge is 2.15. The monoisotopic (exact) mass is 246 g/mol. The Balaban J connectivity index is 1.87. The van der Waals surface area contributed by atoms with Crippen molar-refractivity contribution in [2.75, 3.05) is 24.5 Å². The summed E-state index contributed by atoms with van der Waals surface area (Å²) in [5.41, 5.74) is 2.97. The molecule has 1 aromatic rings. The van der Waals surface area contributed by atoms with Crippen LogP contribution in [0.4, 0.5) is 5.69 Å². The number of nitrogens with zero attached hydrogens (tertiary/aromatic N) is 1. The van der Waals surface area contributed by atoms with Gasteiger partial charge < -0.3 is 10.2 Å². The van der Waals surface area contributed by atoms with Crippen LogP contribution in [0.5, 0.6) is 0 Å². The highest BCUT2D eigenvalue weighted by Crippen LogP contribution is 2.25. The van der Waals surface area contributed by atoms with E-state index in [4.69, 9.17) is 0 Å². The second kappa shape index (κ2) is 6.79. The molecule has 2 nitrogen and oxygen atoms in total. The summed E-state index contributed by atoms with van der Waals surface area (Å²) < 4.78 is 0. The maximum Gasteiger partial charge on any atom is 0.0399 e. The van der Waals surface area contributed by atoms with E-state index in [1.807, 2.05) is 0 Å². The number of hydrogen-bond donors (Lipinski definition) is 1. The normalized spacial score (nSPS) is 14.9. The van der Waals surface area contributed by atoms with Crippen LogP contribution >= 0.6 is 0 Å². The third kappa shape index (κ3) is 3.26. The maximum absolute atomic E-state index is 3.66. The van der Waals surface area contributed by atoms with Crippen molar-refractivity contribution in [2.45, 2.75) is 45.6 Å². The third-order valence-electron chi connectivity index (χ3n) is 4.01. The predicted octanol–water partition coefficient (Wildman–Crippen LogP) is 3.22. The van der Waals surface area contributed by atoms with Gasteiger partial charge in [0.2, 0.25) is 0 Å². The zero-order chi connectivity index (χ0) is 12.8. The summed E-state index contributed by atoms with van der Waals surface area (Å²) in [5, 5.41) is 3.66. The van der Waals surface area contributed by atoms with Gasteiger partial charge in [0.15, 0.2) is 0 Å². The zero-order valence-electron chi connectivity index (χ0n) is 11.8. The molecule has 0 radical (unpaired) electrons. The lowest BCUT2D eigenvalue weighted by atomic mass is 10.0. The van der Waals surface area contributed by atoms with Gasteiger partial charge in [0.25, 0.3) is 0 Å². The van der Waals surface area contributed by atoms with Gasteiger partial charge in [-0.3, -0.25) is 0 Å². The second-order valence-electron chi connectivity index (χ2n) is 5.19. The molecule has 1 heterocycles. The Morgan fingerprint density at radius 2 is 2.00 bits per heavy atom. The highest BCUT2D eigenvalue weighted by atomic mass is 15.2. The van der Waals surface area contributed by atoms with E-state index < -0.39 is 0 Å². The van der Waals surface area contributed by atoms with Crippen molar-refractivity contribution in [3.8, 4) is 0 Å². The van der Waals surface area contributed by atoms with E-state index in [2.05, 4.69) is 48.3 Å². The fraction of sp³-hybridized carbons (Fsp3) is 0.625. The van der Waals surface area contributed by atoms with Gasteiger partial charge in [-0.15, -0.1) is 0 Å². The molecular formula is C16H26N2. The molecule has 0 saturated carbocycles. The average molecular weight is 246 g/mol. The molecule has 0 aromatic heterocycles. The van der Waals surface area contributed by atoms with Crippen LogP contribution in [-0.4, -0.2) is 25.7 Å². The van der Waals surface area contributed by atoms with Crippen LogP contribution in [-0.2, 0) is 6.42 Å². The van der Waals surface area contributed by atoms with Crippen LogP contribution in [0, 0.1) is 0 Å². The van der Waals surface area contributed by atoms with Crippen molar-refractivity contribution < 1.29 is 0 Å². The SMILES string of the molecule is CCC(CC)NCCN1CCCc2ccccc21. The Morgan fingerprint density at radius 3 is 2.78 bits per heavy atom. The molecule has 0 amide bonds. The van der Waals surface area contributed by atoms with Crippen LogP contribution in [0.1, 0.15) is 38.7 Å². The predicted molar refractivity (Wildman–Crippen MR) is 79.3 cm³/mol. The van der Waals surface area contributed by atoms with Crippen molar-refractivity contribution in [1.82, 2.24) is 5.32 Å². The Kier molecular flexibility index (Phi) is 5.06. The number of benzene rings is 1. The Bertz CT molecular complexity index is 358. The number of fused-ring (bicyclic) bond motifs is 1. The van der Waals surface area contributed by atoms with Crippen molar-refractivity contribution in [3.63, 3.8) is 0 Å². The minimum atomic E-state index is 0.685. The smallest absolute Gasteiger partial charge is 0.0399 e. The molecule has 0 bridgehead atoms. The maximum atomic E-state index is 3.66. The summed E-state index contributed by atoms with van der Waals surface area (Å²) in [6.45, 7) is 7.96. The van der Waals surface area contributed by atoms with E-state index >= 15 is 0 Å². The minimum Gasteiger partial charge on any atom is -0.370 e. The van der Waals surface area contributed by atoms with Crippen molar-refractivity contribution >= 4 is 5.69 Å². The summed E-state index contributed by atoms with van der Waals surface area (Å²) in [6, 6.07) is 9.54. The zero-order valence-corrected chi connectivity index (χ0v) is 11.8. The molecular weight excluding hydrogens is 220 g/mol. The number of para-hydroxylation sites is 1. The van der Waals surface area contributed by atoms with Gasteiger partial charge in [-0.1, -0.05) is 32.0 Å². The fourth-order valence-corrected chi connectivity index (χ4v) is 2.82. The lowest BCUT2D eigenvalue weighted by molar-refractivity contribution is 0.484. The molecule has 1 N–H and O–H groups in total. The lowest BCUT2D eigenvalue weighted by Gasteiger charge is -2.31. The molecule has 18 heavy (non-hydrogen) atoms. The molecule has 0 spiro atoms. The highest BCUT2D eigenvalue weighted by molar-refractivity contribution is 5.55. The first-order chi connectivity index (χ1) is 8.85. The molecule has 0 atom stereocenters. The summed E-state index contributed by atoms with van der Waals surface area (Å²) in [4.78, 5) is 2.54. The Morgan fingerprint density at radius 1 is 1.22 bits per heavy atom. The summed E-state index contributed by atoms with van der Waals surface area (Å²) >= 11 is 0. The molecule has 2 rings (SSSR count). The van der Waals surface area contributed by atoms with E-state index in [1.54, 1.807) is 0 Å². The third-order valence-corrected chi connectivity index (χ3v) is 4.01. The standard InChI is InChI=1S/C16H26N2/c1-3-15(4-2)17-11-13-18-12-7-9-14-8-5-6-10-16(14)18/h5-6,8,10,15,17H,3-4,7,9,11-13H2,1-2H3. The van der Waals surface area contributed by atoms with Crippen LogP contribution in [0.15, 0.2) is 24.3 Å². The Labute approximate surface area is 111 Å². The van der Waals surface area contributed by atoms with E-state index in [9.17, 15) is 0 Å². The molecule has 0 saturated heterocycles. The minimum absolute atomic E-state index is 0.685. The lowest BCUT2D eigenvalue weighted by Crippen LogP contribution is -2.38. The van der Waals surface area contributed by atoms with Gasteiger partial charge in [0.05, 0.1) is 0 Å². The molecule has 100 valence electrons. The molecule has 2 heteroatoms.